The number of ether oxygens (including phenoxy) is 1. The molecule has 2 aromatic carbocycles. The number of hydrogen-bond donors (Lipinski definition) is 2. The minimum atomic E-state index is -1.08. The van der Waals surface area contributed by atoms with Gasteiger partial charge in [0, 0.05) is 25.1 Å². The van der Waals surface area contributed by atoms with Gasteiger partial charge in [0.05, 0.1) is 13.2 Å². The summed E-state index contributed by atoms with van der Waals surface area (Å²) in [5, 5.41) is 13.7. The van der Waals surface area contributed by atoms with Crippen molar-refractivity contribution in [2.24, 2.45) is 0 Å². The molecule has 0 radical (unpaired) electrons. The van der Waals surface area contributed by atoms with Crippen LogP contribution < -0.4 is 5.32 Å². The largest absolute Gasteiger partial charge is 0.479 e. The smallest absolute Gasteiger partial charge is 0.334 e. The maximum atomic E-state index is 12.3. The molecule has 0 bridgehead atoms. The number of amides is 2. The number of carbonyl (C=O) groups is 3. The minimum absolute atomic E-state index is 0.0345. The lowest BCUT2D eigenvalue weighted by molar-refractivity contribution is -0.159. The van der Waals surface area contributed by atoms with E-state index in [1.807, 2.05) is 36.4 Å². The van der Waals surface area contributed by atoms with Crippen LogP contribution in [0.1, 0.15) is 16.8 Å². The van der Waals surface area contributed by atoms with E-state index in [-0.39, 0.29) is 37.9 Å². The molecule has 1 fully saturated rings. The average molecular weight is 356 g/mol. The molecule has 3 rings (SSSR count). The zero-order chi connectivity index (χ0) is 18.5. The van der Waals surface area contributed by atoms with Gasteiger partial charge < -0.3 is 20.1 Å². The fourth-order valence-corrected chi connectivity index (χ4v) is 2.90. The van der Waals surface area contributed by atoms with Gasteiger partial charge in [-0.2, -0.15) is 0 Å². The number of aliphatic carboxylic acids is 1. The quantitative estimate of drug-likeness (QED) is 0.841. The molecule has 0 aromatic heterocycles. The van der Waals surface area contributed by atoms with E-state index in [0.29, 0.717) is 12.1 Å². The Kier molecular flexibility index (Phi) is 5.48. The first kappa shape index (κ1) is 17.9. The van der Waals surface area contributed by atoms with Gasteiger partial charge in [-0.3, -0.25) is 9.59 Å². The van der Waals surface area contributed by atoms with E-state index in [1.54, 1.807) is 6.07 Å². The van der Waals surface area contributed by atoms with Crippen molar-refractivity contribution in [3.63, 3.8) is 0 Å². The van der Waals surface area contributed by atoms with Gasteiger partial charge in [-0.25, -0.2) is 4.79 Å². The van der Waals surface area contributed by atoms with Gasteiger partial charge >= 0.3 is 5.97 Å². The van der Waals surface area contributed by atoms with Crippen LogP contribution in [0, 0.1) is 0 Å². The number of carboxylic acids is 1. The number of morpholine rings is 1. The molecule has 7 heteroatoms. The first-order valence-electron chi connectivity index (χ1n) is 8.44. The van der Waals surface area contributed by atoms with E-state index in [1.165, 1.54) is 4.90 Å². The Bertz CT molecular complexity index is 836. The molecule has 26 heavy (non-hydrogen) atoms. The SMILES string of the molecule is O=C(NCCC(=O)N1CCOC(C(=O)O)C1)c1ccc2ccccc2c1. The van der Waals surface area contributed by atoms with Crippen molar-refractivity contribution in [1.82, 2.24) is 10.2 Å². The molecule has 1 unspecified atom stereocenters. The number of carboxylic acid groups (broad SMARTS) is 1. The highest BCUT2D eigenvalue weighted by Gasteiger charge is 2.28. The van der Waals surface area contributed by atoms with E-state index in [2.05, 4.69) is 5.32 Å². The molecular formula is C19H20N2O5. The summed E-state index contributed by atoms with van der Waals surface area (Å²) >= 11 is 0. The normalized spacial score (nSPS) is 17.1. The van der Waals surface area contributed by atoms with Gasteiger partial charge in [-0.1, -0.05) is 30.3 Å². The highest BCUT2D eigenvalue weighted by molar-refractivity contribution is 5.98. The Balaban J connectivity index is 1.51. The van der Waals surface area contributed by atoms with Crippen molar-refractivity contribution in [3.8, 4) is 0 Å². The number of fused-ring (bicyclic) bond motifs is 1. The summed E-state index contributed by atoms with van der Waals surface area (Å²) in [7, 11) is 0. The molecule has 1 heterocycles. The molecule has 136 valence electrons. The maximum Gasteiger partial charge on any atom is 0.334 e. The highest BCUT2D eigenvalue weighted by atomic mass is 16.5. The molecular weight excluding hydrogens is 336 g/mol. The standard InChI is InChI=1S/C19H20N2O5/c22-17(21-9-10-26-16(12-21)19(24)25)7-8-20-18(23)15-6-5-13-3-1-2-4-14(13)11-15/h1-6,11,16H,7-10,12H2,(H,20,23)(H,24,25). The Morgan fingerprint density at radius 1 is 1.15 bits per heavy atom. The zero-order valence-electron chi connectivity index (χ0n) is 14.2. The summed E-state index contributed by atoms with van der Waals surface area (Å²) in [6.07, 6.45) is -0.869. The van der Waals surface area contributed by atoms with Crippen LogP contribution in [-0.4, -0.2) is 60.1 Å². The van der Waals surface area contributed by atoms with Crippen LogP contribution in [0.3, 0.4) is 0 Å². The van der Waals surface area contributed by atoms with Crippen molar-refractivity contribution in [1.29, 1.82) is 0 Å². The van der Waals surface area contributed by atoms with Gasteiger partial charge in [0.2, 0.25) is 5.91 Å². The minimum Gasteiger partial charge on any atom is -0.479 e. The lowest BCUT2D eigenvalue weighted by Crippen LogP contribution is -2.49. The Hall–Kier alpha value is -2.93. The van der Waals surface area contributed by atoms with Crippen LogP contribution >= 0.6 is 0 Å². The van der Waals surface area contributed by atoms with E-state index >= 15 is 0 Å². The predicted molar refractivity (Wildman–Crippen MR) is 94.9 cm³/mol. The van der Waals surface area contributed by atoms with Crippen LogP contribution in [0.25, 0.3) is 10.8 Å². The third-order valence-corrected chi connectivity index (χ3v) is 4.33. The molecule has 2 N–H and O–H groups in total. The van der Waals surface area contributed by atoms with Crippen LogP contribution in [-0.2, 0) is 14.3 Å². The summed E-state index contributed by atoms with van der Waals surface area (Å²) in [5.74, 6) is -1.51. The molecule has 0 saturated carbocycles. The topological polar surface area (TPSA) is 95.9 Å². The molecule has 2 aromatic rings. The Morgan fingerprint density at radius 2 is 1.92 bits per heavy atom. The maximum absolute atomic E-state index is 12.3. The fourth-order valence-electron chi connectivity index (χ4n) is 2.90. The van der Waals surface area contributed by atoms with Crippen molar-refractivity contribution in [3.05, 3.63) is 48.0 Å². The van der Waals surface area contributed by atoms with E-state index < -0.39 is 12.1 Å². The van der Waals surface area contributed by atoms with E-state index in [9.17, 15) is 14.4 Å². The summed E-state index contributed by atoms with van der Waals surface area (Å²) in [5.41, 5.74) is 0.536. The summed E-state index contributed by atoms with van der Waals surface area (Å²) < 4.78 is 5.09. The van der Waals surface area contributed by atoms with Crippen LogP contribution in [0.2, 0.25) is 0 Å². The third-order valence-electron chi connectivity index (χ3n) is 4.33. The van der Waals surface area contributed by atoms with Crippen molar-refractivity contribution >= 4 is 28.6 Å². The lowest BCUT2D eigenvalue weighted by Gasteiger charge is -2.30. The molecule has 1 aliphatic heterocycles. The van der Waals surface area contributed by atoms with Gasteiger partial charge in [0.1, 0.15) is 0 Å². The van der Waals surface area contributed by atoms with Crippen LogP contribution in [0.15, 0.2) is 42.5 Å². The molecule has 0 aliphatic carbocycles. The van der Waals surface area contributed by atoms with Crippen molar-refractivity contribution in [2.75, 3.05) is 26.2 Å². The van der Waals surface area contributed by atoms with Crippen LogP contribution in [0.4, 0.5) is 0 Å². The molecule has 2 amide bonds. The van der Waals surface area contributed by atoms with Crippen molar-refractivity contribution in [2.45, 2.75) is 12.5 Å². The summed E-state index contributed by atoms with van der Waals surface area (Å²) in [4.78, 5) is 36.9. The predicted octanol–water partition coefficient (Wildman–Crippen LogP) is 1.27. The first-order chi connectivity index (χ1) is 12.5. The van der Waals surface area contributed by atoms with E-state index in [0.717, 1.165) is 10.8 Å². The zero-order valence-corrected chi connectivity index (χ0v) is 14.2. The fraction of sp³-hybridized carbons (Fsp3) is 0.316. The second-order valence-corrected chi connectivity index (χ2v) is 6.11. The lowest BCUT2D eigenvalue weighted by atomic mass is 10.1. The number of nitrogens with zero attached hydrogens (tertiary/aromatic N) is 1. The Morgan fingerprint density at radius 3 is 2.69 bits per heavy atom. The number of carbonyl (C=O) groups excluding carboxylic acids is 2. The molecule has 7 nitrogen and oxygen atoms in total. The van der Waals surface area contributed by atoms with Gasteiger partial charge in [0.25, 0.3) is 5.91 Å². The van der Waals surface area contributed by atoms with Crippen molar-refractivity contribution < 1.29 is 24.2 Å². The van der Waals surface area contributed by atoms with Crippen LogP contribution in [0.5, 0.6) is 0 Å². The second-order valence-electron chi connectivity index (χ2n) is 6.11. The monoisotopic (exact) mass is 356 g/mol. The first-order valence-corrected chi connectivity index (χ1v) is 8.44. The van der Waals surface area contributed by atoms with Gasteiger partial charge in [-0.05, 0) is 22.9 Å². The number of nitrogens with one attached hydrogen (secondary N) is 1. The average Bonchev–Trinajstić information content (AvgIpc) is 2.67. The number of benzene rings is 2. The molecule has 1 atom stereocenters. The molecule has 1 saturated heterocycles. The number of rotatable bonds is 5. The van der Waals surface area contributed by atoms with E-state index in [4.69, 9.17) is 9.84 Å². The molecule has 1 aliphatic rings. The Labute approximate surface area is 150 Å². The highest BCUT2D eigenvalue weighted by Crippen LogP contribution is 2.15. The summed E-state index contributed by atoms with van der Waals surface area (Å²) in [6, 6.07) is 13.2. The number of hydrogen-bond acceptors (Lipinski definition) is 4. The summed E-state index contributed by atoms with van der Waals surface area (Å²) in [6.45, 7) is 0.791. The second kappa shape index (κ2) is 7.97. The third kappa shape index (κ3) is 4.18. The molecule has 0 spiro atoms. The van der Waals surface area contributed by atoms with Gasteiger partial charge in [0.15, 0.2) is 6.10 Å². The van der Waals surface area contributed by atoms with Gasteiger partial charge in [-0.15, -0.1) is 0 Å².